The number of hydrogen-bond donors (Lipinski definition) is 4. The summed E-state index contributed by atoms with van der Waals surface area (Å²) in [7, 11) is 2.00. The standard InChI is InChI=1S/C18H20N4O3/c1-3-22-17(24)13(16(23)20-18(22)25)15-14-11(8-9-21(15)2)10-6-4-5-7-12(10)19-14/h4-7,15,19,24H,3,8-9H2,1-2H3,(H,20,23,25)/p+1/t15-/m0/s1. The number of fused-ring (bicyclic) bond motifs is 3. The van der Waals surface area contributed by atoms with Crippen molar-refractivity contribution < 1.29 is 10.0 Å². The summed E-state index contributed by atoms with van der Waals surface area (Å²) in [6.07, 6.45) is 0.897. The maximum Gasteiger partial charge on any atom is 0.331 e. The first kappa shape index (κ1) is 15.7. The van der Waals surface area contributed by atoms with Crippen LogP contribution in [0.25, 0.3) is 10.9 Å². The number of para-hydroxylation sites is 1. The zero-order chi connectivity index (χ0) is 17.7. The molecule has 2 aromatic heterocycles. The number of hydrogen-bond acceptors (Lipinski definition) is 3. The van der Waals surface area contributed by atoms with Crippen LogP contribution >= 0.6 is 0 Å². The number of likely N-dealkylation sites (N-methyl/N-ethyl adjacent to an activating group) is 1. The van der Waals surface area contributed by atoms with E-state index in [1.165, 1.54) is 10.1 Å². The van der Waals surface area contributed by atoms with E-state index < -0.39 is 11.2 Å². The van der Waals surface area contributed by atoms with Gasteiger partial charge in [-0.15, -0.1) is 0 Å². The van der Waals surface area contributed by atoms with Crippen molar-refractivity contribution in [2.45, 2.75) is 25.9 Å². The summed E-state index contributed by atoms with van der Waals surface area (Å²) in [6.45, 7) is 2.89. The van der Waals surface area contributed by atoms with E-state index in [4.69, 9.17) is 0 Å². The van der Waals surface area contributed by atoms with Crippen LogP contribution in [0.1, 0.15) is 29.8 Å². The smallest absolute Gasteiger partial charge is 0.331 e. The van der Waals surface area contributed by atoms with Crippen molar-refractivity contribution in [2.75, 3.05) is 13.6 Å². The summed E-state index contributed by atoms with van der Waals surface area (Å²) in [5.74, 6) is -0.243. The molecule has 0 radical (unpaired) electrons. The Bertz CT molecular complexity index is 1080. The van der Waals surface area contributed by atoms with Gasteiger partial charge in [-0.25, -0.2) is 4.79 Å². The first-order valence-electron chi connectivity index (χ1n) is 8.50. The molecule has 0 saturated carbocycles. The molecule has 0 aliphatic carbocycles. The molecule has 1 unspecified atom stereocenters. The number of nitrogens with one attached hydrogen (secondary N) is 3. The maximum atomic E-state index is 12.5. The van der Waals surface area contributed by atoms with Crippen LogP contribution in [0, 0.1) is 0 Å². The van der Waals surface area contributed by atoms with E-state index >= 15 is 0 Å². The van der Waals surface area contributed by atoms with Gasteiger partial charge in [0.2, 0.25) is 5.88 Å². The van der Waals surface area contributed by atoms with E-state index in [0.29, 0.717) is 6.54 Å². The highest BCUT2D eigenvalue weighted by molar-refractivity contribution is 5.85. The van der Waals surface area contributed by atoms with Gasteiger partial charge in [0.05, 0.1) is 19.3 Å². The number of benzene rings is 1. The minimum absolute atomic E-state index is 0.242. The summed E-state index contributed by atoms with van der Waals surface area (Å²) in [5.41, 5.74) is 2.27. The fourth-order valence-electron chi connectivity index (χ4n) is 3.97. The van der Waals surface area contributed by atoms with Crippen LogP contribution in [-0.2, 0) is 13.0 Å². The molecule has 4 rings (SSSR count). The number of H-pyrrole nitrogens is 2. The summed E-state index contributed by atoms with van der Waals surface area (Å²) in [6, 6.07) is 7.70. The second-order valence-electron chi connectivity index (χ2n) is 6.58. The molecule has 1 aliphatic rings. The molecule has 7 nitrogen and oxygen atoms in total. The van der Waals surface area contributed by atoms with Gasteiger partial charge in [-0.1, -0.05) is 18.2 Å². The number of aromatic nitrogens is 3. The van der Waals surface area contributed by atoms with Crippen LogP contribution < -0.4 is 16.1 Å². The van der Waals surface area contributed by atoms with Crippen molar-refractivity contribution in [2.24, 2.45) is 0 Å². The number of nitrogens with zero attached hydrogens (tertiary/aromatic N) is 1. The molecule has 2 atom stereocenters. The maximum absolute atomic E-state index is 12.5. The van der Waals surface area contributed by atoms with Crippen molar-refractivity contribution in [1.82, 2.24) is 14.5 Å². The second kappa shape index (κ2) is 5.63. The molecule has 0 fully saturated rings. The van der Waals surface area contributed by atoms with Gasteiger partial charge in [0, 0.05) is 23.9 Å². The quantitative estimate of drug-likeness (QED) is 0.524. The molecule has 4 N–H and O–H groups in total. The van der Waals surface area contributed by atoms with E-state index in [1.807, 2.05) is 25.2 Å². The lowest BCUT2D eigenvalue weighted by atomic mass is 9.94. The molecule has 0 spiro atoms. The average Bonchev–Trinajstić information content (AvgIpc) is 2.95. The van der Waals surface area contributed by atoms with E-state index in [2.05, 4.69) is 16.0 Å². The number of rotatable bonds is 2. The monoisotopic (exact) mass is 341 g/mol. The van der Waals surface area contributed by atoms with Crippen LogP contribution in [0.2, 0.25) is 0 Å². The fraction of sp³-hybridized carbons (Fsp3) is 0.333. The number of aromatic amines is 2. The predicted molar refractivity (Wildman–Crippen MR) is 94.3 cm³/mol. The lowest BCUT2D eigenvalue weighted by molar-refractivity contribution is -0.908. The van der Waals surface area contributed by atoms with Crippen molar-refractivity contribution in [3.63, 3.8) is 0 Å². The Balaban J connectivity index is 2.02. The molecule has 1 aromatic carbocycles. The molecule has 3 heterocycles. The Morgan fingerprint density at radius 2 is 2.04 bits per heavy atom. The SMILES string of the molecule is CCn1c(O)c([C@H]2c3[nH]c4ccccc4c3CC[NH+]2C)c(=O)[nH]c1=O. The van der Waals surface area contributed by atoms with E-state index in [1.54, 1.807) is 6.92 Å². The molecule has 25 heavy (non-hydrogen) atoms. The number of quaternary nitrogens is 1. The molecule has 7 heteroatoms. The highest BCUT2D eigenvalue weighted by Gasteiger charge is 2.37. The Kier molecular flexibility index (Phi) is 3.54. The van der Waals surface area contributed by atoms with Crippen molar-refractivity contribution in [1.29, 1.82) is 0 Å². The molecular formula is C18H21N4O3+. The Hall–Kier alpha value is -2.80. The first-order valence-corrected chi connectivity index (χ1v) is 8.50. The van der Waals surface area contributed by atoms with Crippen LogP contribution in [0.4, 0.5) is 0 Å². The molecule has 3 aromatic rings. The van der Waals surface area contributed by atoms with Gasteiger partial charge in [0.25, 0.3) is 5.56 Å². The molecule has 0 amide bonds. The predicted octanol–water partition coefficient (Wildman–Crippen LogP) is -0.0964. The molecule has 130 valence electrons. The van der Waals surface area contributed by atoms with Gasteiger partial charge in [0.15, 0.2) is 6.04 Å². The minimum Gasteiger partial charge on any atom is -0.494 e. The highest BCUT2D eigenvalue weighted by atomic mass is 16.3. The first-order chi connectivity index (χ1) is 12.0. The second-order valence-corrected chi connectivity index (χ2v) is 6.58. The van der Waals surface area contributed by atoms with Gasteiger partial charge in [-0.05, 0) is 18.6 Å². The van der Waals surface area contributed by atoms with E-state index in [0.717, 1.165) is 34.5 Å². The minimum atomic E-state index is -0.584. The molecular weight excluding hydrogens is 320 g/mol. The Morgan fingerprint density at radius 1 is 1.28 bits per heavy atom. The average molecular weight is 341 g/mol. The van der Waals surface area contributed by atoms with Gasteiger partial charge in [-0.3, -0.25) is 14.3 Å². The summed E-state index contributed by atoms with van der Waals surface area (Å²) in [5, 5.41) is 11.8. The van der Waals surface area contributed by atoms with E-state index in [9.17, 15) is 14.7 Å². The molecule has 0 bridgehead atoms. The van der Waals surface area contributed by atoms with Gasteiger partial charge in [0.1, 0.15) is 5.56 Å². The van der Waals surface area contributed by atoms with Crippen molar-refractivity contribution >= 4 is 10.9 Å². The van der Waals surface area contributed by atoms with Crippen LogP contribution in [0.5, 0.6) is 5.88 Å². The molecule has 0 saturated heterocycles. The lowest BCUT2D eigenvalue weighted by Crippen LogP contribution is -3.10. The van der Waals surface area contributed by atoms with Crippen LogP contribution in [0.15, 0.2) is 33.9 Å². The Morgan fingerprint density at radius 3 is 2.80 bits per heavy atom. The van der Waals surface area contributed by atoms with Crippen LogP contribution in [-0.4, -0.2) is 33.2 Å². The third-order valence-electron chi connectivity index (χ3n) is 5.21. The van der Waals surface area contributed by atoms with Gasteiger partial charge < -0.3 is 15.0 Å². The van der Waals surface area contributed by atoms with Crippen molar-refractivity contribution in [3.8, 4) is 5.88 Å². The third-order valence-corrected chi connectivity index (χ3v) is 5.21. The lowest BCUT2D eigenvalue weighted by Gasteiger charge is -2.30. The summed E-state index contributed by atoms with van der Waals surface area (Å²) >= 11 is 0. The van der Waals surface area contributed by atoms with Gasteiger partial charge in [-0.2, -0.15) is 0 Å². The zero-order valence-corrected chi connectivity index (χ0v) is 14.2. The third kappa shape index (κ3) is 2.23. The summed E-state index contributed by atoms with van der Waals surface area (Å²) in [4.78, 5) is 31.3. The fourth-order valence-corrected chi connectivity index (χ4v) is 3.97. The summed E-state index contributed by atoms with van der Waals surface area (Å²) < 4.78 is 1.20. The highest BCUT2D eigenvalue weighted by Crippen LogP contribution is 2.32. The Labute approximate surface area is 143 Å². The van der Waals surface area contributed by atoms with Crippen molar-refractivity contribution in [3.05, 3.63) is 61.9 Å². The largest absolute Gasteiger partial charge is 0.494 e. The molecule has 1 aliphatic heterocycles. The van der Waals surface area contributed by atoms with Gasteiger partial charge >= 0.3 is 5.69 Å². The van der Waals surface area contributed by atoms with E-state index in [-0.39, 0.29) is 17.5 Å². The van der Waals surface area contributed by atoms with Crippen LogP contribution in [0.3, 0.4) is 0 Å². The topological polar surface area (TPSA) is 95.3 Å². The number of aromatic hydroxyl groups is 1. The zero-order valence-electron chi connectivity index (χ0n) is 14.2. The normalized spacial score (nSPS) is 19.9.